The molecule has 1 aromatic carbocycles. The monoisotopic (exact) mass is 413 g/mol. The van der Waals surface area contributed by atoms with Crippen LogP contribution in [-0.2, 0) is 14.9 Å². The highest BCUT2D eigenvalue weighted by Crippen LogP contribution is 2.45. The molecule has 1 aliphatic heterocycles. The SMILES string of the molecule is CC(C)(C)OC(=O)NCC(=O)Nc1ccc(Oc2cccc3c2C(C)(C)CO3)nc1. The molecule has 1 aliphatic rings. The van der Waals surface area contributed by atoms with Gasteiger partial charge in [-0.3, -0.25) is 4.79 Å². The molecule has 3 rings (SSSR count). The van der Waals surface area contributed by atoms with E-state index in [0.29, 0.717) is 23.9 Å². The van der Waals surface area contributed by atoms with Crippen molar-refractivity contribution in [2.75, 3.05) is 18.5 Å². The first-order valence-electron chi connectivity index (χ1n) is 9.70. The highest BCUT2D eigenvalue weighted by atomic mass is 16.6. The van der Waals surface area contributed by atoms with E-state index in [9.17, 15) is 9.59 Å². The van der Waals surface area contributed by atoms with Gasteiger partial charge in [-0.1, -0.05) is 19.9 Å². The van der Waals surface area contributed by atoms with E-state index in [-0.39, 0.29) is 12.0 Å². The van der Waals surface area contributed by atoms with Crippen LogP contribution >= 0.6 is 0 Å². The van der Waals surface area contributed by atoms with Crippen molar-refractivity contribution in [2.45, 2.75) is 45.6 Å². The van der Waals surface area contributed by atoms with Crippen LogP contribution in [0.15, 0.2) is 36.5 Å². The molecule has 2 aromatic rings. The van der Waals surface area contributed by atoms with Gasteiger partial charge in [0.1, 0.15) is 23.6 Å². The van der Waals surface area contributed by atoms with Gasteiger partial charge in [0, 0.05) is 17.0 Å². The molecular formula is C22H27N3O5. The van der Waals surface area contributed by atoms with Crippen molar-refractivity contribution in [3.05, 3.63) is 42.1 Å². The third kappa shape index (κ3) is 5.40. The Bertz CT molecular complexity index is 933. The van der Waals surface area contributed by atoms with E-state index in [1.54, 1.807) is 32.9 Å². The predicted molar refractivity (Wildman–Crippen MR) is 112 cm³/mol. The summed E-state index contributed by atoms with van der Waals surface area (Å²) in [5.41, 5.74) is 0.722. The summed E-state index contributed by atoms with van der Waals surface area (Å²) in [7, 11) is 0. The van der Waals surface area contributed by atoms with E-state index in [1.807, 2.05) is 18.2 Å². The molecule has 0 saturated heterocycles. The Kier molecular flexibility index (Phi) is 5.87. The summed E-state index contributed by atoms with van der Waals surface area (Å²) in [6.07, 6.45) is 0.840. The third-order valence-corrected chi connectivity index (χ3v) is 4.28. The second kappa shape index (κ2) is 8.22. The van der Waals surface area contributed by atoms with E-state index in [0.717, 1.165) is 11.3 Å². The molecule has 0 spiro atoms. The van der Waals surface area contributed by atoms with Crippen LogP contribution in [0.2, 0.25) is 0 Å². The molecule has 0 atom stereocenters. The molecular weight excluding hydrogens is 386 g/mol. The fourth-order valence-electron chi connectivity index (χ4n) is 3.01. The zero-order chi connectivity index (χ0) is 21.9. The summed E-state index contributed by atoms with van der Waals surface area (Å²) in [6.45, 7) is 9.84. The minimum absolute atomic E-state index is 0.152. The number of anilines is 1. The van der Waals surface area contributed by atoms with E-state index in [2.05, 4.69) is 29.5 Å². The van der Waals surface area contributed by atoms with Crippen LogP contribution in [0, 0.1) is 0 Å². The van der Waals surface area contributed by atoms with Crippen molar-refractivity contribution >= 4 is 17.7 Å². The van der Waals surface area contributed by atoms with Crippen molar-refractivity contribution in [2.24, 2.45) is 0 Å². The molecule has 0 radical (unpaired) electrons. The van der Waals surface area contributed by atoms with Crippen LogP contribution in [0.25, 0.3) is 0 Å². The van der Waals surface area contributed by atoms with Gasteiger partial charge in [0.05, 0.1) is 18.5 Å². The minimum atomic E-state index is -0.651. The maximum Gasteiger partial charge on any atom is 0.408 e. The van der Waals surface area contributed by atoms with Crippen LogP contribution < -0.4 is 20.1 Å². The van der Waals surface area contributed by atoms with Crippen LogP contribution in [0.1, 0.15) is 40.2 Å². The number of nitrogens with zero attached hydrogens (tertiary/aromatic N) is 1. The van der Waals surface area contributed by atoms with Gasteiger partial charge in [-0.05, 0) is 39.0 Å². The number of hydrogen-bond donors (Lipinski definition) is 2. The number of carbonyl (C=O) groups is 2. The van der Waals surface area contributed by atoms with Gasteiger partial charge >= 0.3 is 6.09 Å². The Balaban J connectivity index is 1.57. The van der Waals surface area contributed by atoms with Crippen LogP contribution in [0.3, 0.4) is 0 Å². The van der Waals surface area contributed by atoms with Gasteiger partial charge in [-0.2, -0.15) is 0 Å². The van der Waals surface area contributed by atoms with E-state index >= 15 is 0 Å². The molecule has 0 fully saturated rings. The molecule has 30 heavy (non-hydrogen) atoms. The van der Waals surface area contributed by atoms with Crippen molar-refractivity contribution in [1.29, 1.82) is 0 Å². The van der Waals surface area contributed by atoms with Crippen molar-refractivity contribution < 1.29 is 23.8 Å². The number of fused-ring (bicyclic) bond motifs is 1. The number of ether oxygens (including phenoxy) is 3. The van der Waals surface area contributed by atoms with Crippen molar-refractivity contribution in [3.63, 3.8) is 0 Å². The third-order valence-electron chi connectivity index (χ3n) is 4.28. The standard InChI is InChI=1S/C22H27N3O5/c1-21(2,3)30-20(27)24-12-17(26)25-14-9-10-18(23-11-14)29-16-8-6-7-15-19(16)22(4,5)13-28-15/h6-11H,12-13H2,1-5H3,(H,24,27)(H,25,26). The highest BCUT2D eigenvalue weighted by molar-refractivity contribution is 5.93. The highest BCUT2D eigenvalue weighted by Gasteiger charge is 2.35. The first-order chi connectivity index (χ1) is 14.0. The smallest absolute Gasteiger partial charge is 0.408 e. The van der Waals surface area contributed by atoms with Crippen molar-refractivity contribution in [1.82, 2.24) is 10.3 Å². The number of aromatic nitrogens is 1. The summed E-state index contributed by atoms with van der Waals surface area (Å²) in [5, 5.41) is 5.06. The topological polar surface area (TPSA) is 98.8 Å². The normalized spacial score (nSPS) is 14.3. The van der Waals surface area contributed by atoms with E-state index in [1.165, 1.54) is 6.20 Å². The molecule has 0 saturated carbocycles. The second-order valence-electron chi connectivity index (χ2n) is 8.69. The molecule has 8 nitrogen and oxygen atoms in total. The number of nitrogens with one attached hydrogen (secondary N) is 2. The fourth-order valence-corrected chi connectivity index (χ4v) is 3.01. The molecule has 2 N–H and O–H groups in total. The average molecular weight is 413 g/mol. The second-order valence-corrected chi connectivity index (χ2v) is 8.69. The van der Waals surface area contributed by atoms with Crippen LogP contribution in [0.4, 0.5) is 10.5 Å². The quantitative estimate of drug-likeness (QED) is 0.769. The number of alkyl carbamates (subject to hydrolysis) is 1. The van der Waals surface area contributed by atoms with E-state index < -0.39 is 17.6 Å². The predicted octanol–water partition coefficient (Wildman–Crippen LogP) is 4.01. The number of pyridine rings is 1. The largest absolute Gasteiger partial charge is 0.492 e. The number of amides is 2. The van der Waals surface area contributed by atoms with Crippen LogP contribution in [-0.4, -0.2) is 35.7 Å². The number of benzene rings is 1. The van der Waals surface area contributed by atoms with Gasteiger partial charge in [-0.25, -0.2) is 9.78 Å². The molecule has 0 unspecified atom stereocenters. The molecule has 0 bridgehead atoms. The zero-order valence-corrected chi connectivity index (χ0v) is 17.9. The Labute approximate surface area is 175 Å². The lowest BCUT2D eigenvalue weighted by Gasteiger charge is -2.19. The molecule has 8 heteroatoms. The maximum absolute atomic E-state index is 12.0. The first kappa shape index (κ1) is 21.4. The zero-order valence-electron chi connectivity index (χ0n) is 17.9. The summed E-state index contributed by atoms with van der Waals surface area (Å²) < 4.78 is 16.8. The molecule has 0 aliphatic carbocycles. The summed E-state index contributed by atoms with van der Waals surface area (Å²) in [4.78, 5) is 27.9. The molecule has 1 aromatic heterocycles. The molecule has 2 heterocycles. The molecule has 2 amide bonds. The number of hydrogen-bond acceptors (Lipinski definition) is 6. The van der Waals surface area contributed by atoms with Gasteiger partial charge in [0.25, 0.3) is 0 Å². The Hall–Kier alpha value is -3.29. The summed E-state index contributed by atoms with van der Waals surface area (Å²) >= 11 is 0. The minimum Gasteiger partial charge on any atom is -0.492 e. The molecule has 160 valence electrons. The number of rotatable bonds is 5. The maximum atomic E-state index is 12.0. The lowest BCUT2D eigenvalue weighted by atomic mass is 9.86. The number of carbonyl (C=O) groups excluding carboxylic acids is 2. The lowest BCUT2D eigenvalue weighted by Crippen LogP contribution is -2.37. The Morgan fingerprint density at radius 2 is 1.97 bits per heavy atom. The fraction of sp³-hybridized carbons (Fsp3) is 0.409. The van der Waals surface area contributed by atoms with Crippen LogP contribution in [0.5, 0.6) is 17.4 Å². The summed E-state index contributed by atoms with van der Waals surface area (Å²) in [5.74, 6) is 1.52. The Morgan fingerprint density at radius 1 is 1.20 bits per heavy atom. The average Bonchev–Trinajstić information content (AvgIpc) is 2.96. The van der Waals surface area contributed by atoms with Crippen molar-refractivity contribution in [3.8, 4) is 17.4 Å². The summed E-state index contributed by atoms with van der Waals surface area (Å²) in [6, 6.07) is 9.03. The van der Waals surface area contributed by atoms with Gasteiger partial charge < -0.3 is 24.8 Å². The van der Waals surface area contributed by atoms with E-state index in [4.69, 9.17) is 14.2 Å². The Morgan fingerprint density at radius 3 is 2.63 bits per heavy atom. The lowest BCUT2D eigenvalue weighted by molar-refractivity contribution is -0.115. The first-order valence-corrected chi connectivity index (χ1v) is 9.70. The van der Waals surface area contributed by atoms with Gasteiger partial charge in [-0.15, -0.1) is 0 Å². The van der Waals surface area contributed by atoms with Gasteiger partial charge in [0.2, 0.25) is 11.8 Å². The van der Waals surface area contributed by atoms with Gasteiger partial charge in [0.15, 0.2) is 0 Å².